The van der Waals surface area contributed by atoms with E-state index in [1.807, 2.05) is 22.5 Å². The molecule has 122 valence electrons. The molecule has 3 nitrogen and oxygen atoms in total. The average molecular weight is 328 g/mol. The second-order valence-electron chi connectivity index (χ2n) is 6.00. The molecule has 1 aliphatic heterocycles. The molecule has 4 heteroatoms. The van der Waals surface area contributed by atoms with Crippen LogP contribution in [0, 0.1) is 0 Å². The van der Waals surface area contributed by atoms with Crippen LogP contribution in [-0.2, 0) is 17.7 Å². The average Bonchev–Trinajstić information content (AvgIpc) is 3.19. The van der Waals surface area contributed by atoms with Crippen molar-refractivity contribution in [2.45, 2.75) is 45.2 Å². The van der Waals surface area contributed by atoms with E-state index >= 15 is 0 Å². The molecule has 1 aliphatic rings. The molecular weight excluding hydrogens is 304 g/mol. The van der Waals surface area contributed by atoms with E-state index in [0.29, 0.717) is 11.9 Å². The van der Waals surface area contributed by atoms with E-state index in [0.717, 1.165) is 19.3 Å². The third-order valence-corrected chi connectivity index (χ3v) is 5.56. The van der Waals surface area contributed by atoms with Crippen molar-refractivity contribution in [3.05, 3.63) is 69.7 Å². The van der Waals surface area contributed by atoms with Crippen LogP contribution in [0.15, 0.2) is 54.4 Å². The SMILES string of the molecule is CCc1ccc(C2C=C(N)ON2C(C)CCc2ccccc2)s1. The normalized spacial score (nSPS) is 19.4. The summed E-state index contributed by atoms with van der Waals surface area (Å²) in [6.45, 7) is 4.39. The van der Waals surface area contributed by atoms with E-state index in [-0.39, 0.29) is 6.04 Å². The molecule has 1 aromatic heterocycles. The van der Waals surface area contributed by atoms with Crippen molar-refractivity contribution < 1.29 is 4.84 Å². The number of hydrogen-bond acceptors (Lipinski definition) is 4. The highest BCUT2D eigenvalue weighted by atomic mass is 32.1. The zero-order valence-electron chi connectivity index (χ0n) is 13.7. The molecule has 0 bridgehead atoms. The van der Waals surface area contributed by atoms with Crippen LogP contribution < -0.4 is 5.73 Å². The first-order valence-corrected chi connectivity index (χ1v) is 9.05. The van der Waals surface area contributed by atoms with Gasteiger partial charge in [0.15, 0.2) is 0 Å². The molecule has 0 saturated carbocycles. The lowest BCUT2D eigenvalue weighted by Gasteiger charge is -2.28. The minimum Gasteiger partial charge on any atom is -0.387 e. The van der Waals surface area contributed by atoms with Gasteiger partial charge in [0.1, 0.15) is 6.04 Å². The number of nitrogens with zero attached hydrogens (tertiary/aromatic N) is 1. The smallest absolute Gasteiger partial charge is 0.207 e. The first kappa shape index (κ1) is 16.1. The summed E-state index contributed by atoms with van der Waals surface area (Å²) in [6, 6.07) is 15.4. The molecule has 0 aliphatic carbocycles. The van der Waals surface area contributed by atoms with Gasteiger partial charge in [-0.2, -0.15) is 0 Å². The molecule has 0 amide bonds. The molecular formula is C19H24N2OS. The molecule has 2 aromatic rings. The van der Waals surface area contributed by atoms with Gasteiger partial charge in [-0.1, -0.05) is 37.3 Å². The molecule has 0 spiro atoms. The van der Waals surface area contributed by atoms with Gasteiger partial charge < -0.3 is 10.6 Å². The Hall–Kier alpha value is -1.78. The van der Waals surface area contributed by atoms with Crippen molar-refractivity contribution in [2.24, 2.45) is 5.73 Å². The van der Waals surface area contributed by atoms with Crippen LogP contribution in [0.1, 0.15) is 41.6 Å². The largest absolute Gasteiger partial charge is 0.387 e. The van der Waals surface area contributed by atoms with Crippen LogP contribution in [0.5, 0.6) is 0 Å². The molecule has 23 heavy (non-hydrogen) atoms. The lowest BCUT2D eigenvalue weighted by Crippen LogP contribution is -2.32. The van der Waals surface area contributed by atoms with E-state index in [9.17, 15) is 0 Å². The van der Waals surface area contributed by atoms with Gasteiger partial charge in [-0.15, -0.1) is 16.4 Å². The highest BCUT2D eigenvalue weighted by Crippen LogP contribution is 2.36. The molecule has 2 heterocycles. The summed E-state index contributed by atoms with van der Waals surface area (Å²) in [5, 5.41) is 2.05. The van der Waals surface area contributed by atoms with Gasteiger partial charge in [-0.3, -0.25) is 0 Å². The van der Waals surface area contributed by atoms with Crippen LogP contribution in [0.4, 0.5) is 0 Å². The Kier molecular flexibility index (Phi) is 5.03. The monoisotopic (exact) mass is 328 g/mol. The highest BCUT2D eigenvalue weighted by molar-refractivity contribution is 7.12. The summed E-state index contributed by atoms with van der Waals surface area (Å²) >= 11 is 1.85. The maximum Gasteiger partial charge on any atom is 0.207 e. The number of aryl methyl sites for hydroxylation is 2. The predicted molar refractivity (Wildman–Crippen MR) is 95.9 cm³/mol. The maximum atomic E-state index is 5.94. The number of hydroxylamine groups is 2. The first-order valence-electron chi connectivity index (χ1n) is 8.23. The standard InChI is InChI=1S/C19H24N2OS/c1-3-16-11-12-18(23-16)17-13-19(20)22-21(17)14(2)9-10-15-7-5-4-6-8-15/h4-8,11-14,17H,3,9-10,20H2,1-2H3. The minimum atomic E-state index is 0.131. The second kappa shape index (κ2) is 7.20. The summed E-state index contributed by atoms with van der Waals surface area (Å²) in [7, 11) is 0. The van der Waals surface area contributed by atoms with Gasteiger partial charge in [0.2, 0.25) is 5.88 Å². The molecule has 3 rings (SSSR count). The zero-order chi connectivity index (χ0) is 16.2. The Morgan fingerprint density at radius 1 is 1.22 bits per heavy atom. The van der Waals surface area contributed by atoms with E-state index in [2.05, 4.69) is 56.3 Å². The molecule has 0 saturated heterocycles. The second-order valence-corrected chi connectivity index (χ2v) is 7.20. The summed E-state index contributed by atoms with van der Waals surface area (Å²) < 4.78 is 0. The fourth-order valence-corrected chi connectivity index (χ4v) is 3.91. The van der Waals surface area contributed by atoms with Crippen molar-refractivity contribution >= 4 is 11.3 Å². The van der Waals surface area contributed by atoms with E-state index in [1.165, 1.54) is 15.3 Å². The topological polar surface area (TPSA) is 38.5 Å². The number of rotatable bonds is 6. The fourth-order valence-electron chi connectivity index (χ4n) is 2.90. The van der Waals surface area contributed by atoms with E-state index in [1.54, 1.807) is 0 Å². The van der Waals surface area contributed by atoms with Crippen molar-refractivity contribution in [3.63, 3.8) is 0 Å². The summed E-state index contributed by atoms with van der Waals surface area (Å²) in [5.41, 5.74) is 7.30. The number of benzene rings is 1. The first-order chi connectivity index (χ1) is 11.2. The Morgan fingerprint density at radius 3 is 2.70 bits per heavy atom. The molecule has 0 radical (unpaired) electrons. The number of thiophene rings is 1. The van der Waals surface area contributed by atoms with Crippen LogP contribution >= 0.6 is 11.3 Å². The number of hydrogen-bond donors (Lipinski definition) is 1. The van der Waals surface area contributed by atoms with E-state index < -0.39 is 0 Å². The van der Waals surface area contributed by atoms with Gasteiger partial charge in [0, 0.05) is 21.9 Å². The molecule has 2 atom stereocenters. The van der Waals surface area contributed by atoms with Gasteiger partial charge in [-0.25, -0.2) is 0 Å². The van der Waals surface area contributed by atoms with Crippen LogP contribution in [0.3, 0.4) is 0 Å². The lowest BCUT2D eigenvalue weighted by molar-refractivity contribution is -0.148. The molecule has 1 aromatic carbocycles. The van der Waals surface area contributed by atoms with Crippen LogP contribution in [-0.4, -0.2) is 11.1 Å². The third kappa shape index (κ3) is 3.77. The Morgan fingerprint density at radius 2 is 2.00 bits per heavy atom. The highest BCUT2D eigenvalue weighted by Gasteiger charge is 2.32. The molecule has 2 N–H and O–H groups in total. The minimum absolute atomic E-state index is 0.131. The van der Waals surface area contributed by atoms with E-state index in [4.69, 9.17) is 10.6 Å². The zero-order valence-corrected chi connectivity index (χ0v) is 14.6. The Balaban J connectivity index is 1.67. The van der Waals surface area contributed by atoms with Crippen molar-refractivity contribution in [1.82, 2.24) is 5.06 Å². The van der Waals surface area contributed by atoms with Gasteiger partial charge in [0.05, 0.1) is 0 Å². The summed E-state index contributed by atoms with van der Waals surface area (Å²) in [5.74, 6) is 0.507. The summed E-state index contributed by atoms with van der Waals surface area (Å²) in [4.78, 5) is 8.50. The van der Waals surface area contributed by atoms with Gasteiger partial charge in [0.25, 0.3) is 0 Å². The number of nitrogens with two attached hydrogens (primary N) is 1. The van der Waals surface area contributed by atoms with Crippen LogP contribution in [0.2, 0.25) is 0 Å². The lowest BCUT2D eigenvalue weighted by atomic mass is 10.1. The van der Waals surface area contributed by atoms with Crippen molar-refractivity contribution in [2.75, 3.05) is 0 Å². The van der Waals surface area contributed by atoms with Crippen molar-refractivity contribution in [1.29, 1.82) is 0 Å². The predicted octanol–water partition coefficient (Wildman–Crippen LogP) is 4.42. The molecule has 0 fully saturated rings. The molecule has 2 unspecified atom stereocenters. The van der Waals surface area contributed by atoms with Crippen LogP contribution in [0.25, 0.3) is 0 Å². The summed E-state index contributed by atoms with van der Waals surface area (Å²) in [6.07, 6.45) is 5.16. The quantitative estimate of drug-likeness (QED) is 0.853. The van der Waals surface area contributed by atoms with Gasteiger partial charge >= 0.3 is 0 Å². The third-order valence-electron chi connectivity index (χ3n) is 4.26. The fraction of sp³-hybridized carbons (Fsp3) is 0.368. The van der Waals surface area contributed by atoms with Crippen molar-refractivity contribution in [3.8, 4) is 0 Å². The van der Waals surface area contributed by atoms with Gasteiger partial charge in [-0.05, 0) is 43.9 Å². The maximum absolute atomic E-state index is 5.94. The Bertz CT molecular complexity index is 665. The Labute approximate surface area is 142 Å².